The summed E-state index contributed by atoms with van der Waals surface area (Å²) < 4.78 is 5.06. The van der Waals surface area contributed by atoms with E-state index >= 15 is 0 Å². The summed E-state index contributed by atoms with van der Waals surface area (Å²) in [7, 11) is 1.67. The number of guanidine groups is 1. The fourth-order valence-corrected chi connectivity index (χ4v) is 3.43. The number of ether oxygens (including phenoxy) is 1. The Morgan fingerprint density at radius 3 is 2.72 bits per heavy atom. The predicted molar refractivity (Wildman–Crippen MR) is 125 cm³/mol. The minimum absolute atomic E-state index is 0. The number of aromatic nitrogens is 1. The lowest BCUT2D eigenvalue weighted by Gasteiger charge is -2.16. The topological polar surface area (TPSA) is 119 Å². The van der Waals surface area contributed by atoms with Gasteiger partial charge in [-0.25, -0.2) is 9.78 Å². The highest BCUT2D eigenvalue weighted by Crippen LogP contribution is 2.24. The van der Waals surface area contributed by atoms with Crippen molar-refractivity contribution in [2.24, 2.45) is 10.7 Å². The number of aryl methyl sites for hydroxylation is 1. The number of benzene rings is 1. The van der Waals surface area contributed by atoms with Crippen molar-refractivity contribution < 1.29 is 14.3 Å². The number of carbonyl (C=O) groups is 2. The standard InChI is InChI=1S/C19H25N5O3S.HI/c1-5-27-18(26)15-11(2)23-17(28-15)12(3)24-19(21-4)22-10-13-7-6-8-14(9-13)16(20)25;/h6-9,12H,5,10H2,1-4H3,(H2,20,25)(H2,21,22,24);1H. The van der Waals surface area contributed by atoms with E-state index in [0.29, 0.717) is 35.2 Å². The highest BCUT2D eigenvalue weighted by molar-refractivity contribution is 14.0. The van der Waals surface area contributed by atoms with Gasteiger partial charge in [0, 0.05) is 19.2 Å². The third-order valence-electron chi connectivity index (χ3n) is 3.89. The van der Waals surface area contributed by atoms with Crippen LogP contribution in [0.4, 0.5) is 0 Å². The molecule has 10 heteroatoms. The molecule has 0 spiro atoms. The van der Waals surface area contributed by atoms with Gasteiger partial charge in [-0.2, -0.15) is 0 Å². The van der Waals surface area contributed by atoms with E-state index in [-0.39, 0.29) is 36.0 Å². The average Bonchev–Trinajstić information content (AvgIpc) is 3.07. The molecule has 0 aliphatic heterocycles. The molecular weight excluding hydrogens is 505 g/mol. The zero-order valence-corrected chi connectivity index (χ0v) is 20.0. The minimum Gasteiger partial charge on any atom is -0.462 e. The lowest BCUT2D eigenvalue weighted by molar-refractivity contribution is 0.0531. The number of halogens is 1. The summed E-state index contributed by atoms with van der Waals surface area (Å²) in [6.07, 6.45) is 0. The normalized spacial score (nSPS) is 11.9. The average molecular weight is 531 g/mol. The fourth-order valence-electron chi connectivity index (χ4n) is 2.47. The maximum atomic E-state index is 12.0. The van der Waals surface area contributed by atoms with Crippen molar-refractivity contribution in [3.8, 4) is 0 Å². The molecule has 0 aliphatic carbocycles. The highest BCUT2D eigenvalue weighted by Gasteiger charge is 2.20. The Labute approximate surface area is 191 Å². The number of carbonyl (C=O) groups excluding carboxylic acids is 2. The van der Waals surface area contributed by atoms with Crippen LogP contribution in [-0.2, 0) is 11.3 Å². The van der Waals surface area contributed by atoms with Gasteiger partial charge in [0.2, 0.25) is 5.91 Å². The van der Waals surface area contributed by atoms with E-state index in [2.05, 4.69) is 20.6 Å². The molecule has 0 aliphatic rings. The van der Waals surface area contributed by atoms with E-state index < -0.39 is 5.91 Å². The smallest absolute Gasteiger partial charge is 0.350 e. The van der Waals surface area contributed by atoms with E-state index in [1.165, 1.54) is 11.3 Å². The summed E-state index contributed by atoms with van der Waals surface area (Å²) in [5, 5.41) is 7.20. The molecule has 2 rings (SSSR count). The number of hydrogen-bond donors (Lipinski definition) is 3. The number of nitrogens with zero attached hydrogens (tertiary/aromatic N) is 2. The molecule has 8 nitrogen and oxygen atoms in total. The van der Waals surface area contributed by atoms with Gasteiger partial charge in [0.25, 0.3) is 0 Å². The third-order valence-corrected chi connectivity index (χ3v) is 5.21. The van der Waals surface area contributed by atoms with Crippen molar-refractivity contribution in [1.82, 2.24) is 15.6 Å². The van der Waals surface area contributed by atoms with Crippen LogP contribution < -0.4 is 16.4 Å². The summed E-state index contributed by atoms with van der Waals surface area (Å²) >= 11 is 1.31. The number of esters is 1. The molecular formula is C19H26IN5O3S. The number of primary amides is 1. The van der Waals surface area contributed by atoms with Crippen LogP contribution in [0.2, 0.25) is 0 Å². The molecule has 4 N–H and O–H groups in total. The molecule has 0 bridgehead atoms. The molecule has 1 atom stereocenters. The first-order chi connectivity index (χ1) is 13.3. The van der Waals surface area contributed by atoms with Crippen LogP contribution >= 0.6 is 35.3 Å². The molecule has 1 aromatic carbocycles. The van der Waals surface area contributed by atoms with Gasteiger partial charge in [-0.05, 0) is 38.5 Å². The Kier molecular flexibility index (Phi) is 10.0. The van der Waals surface area contributed by atoms with E-state index in [9.17, 15) is 9.59 Å². The Balaban J connectivity index is 0.00000420. The van der Waals surface area contributed by atoms with Crippen LogP contribution in [0.1, 0.15) is 56.2 Å². The molecule has 1 unspecified atom stereocenters. The van der Waals surface area contributed by atoms with Crippen molar-refractivity contribution in [2.45, 2.75) is 33.4 Å². The SMILES string of the molecule is CCOC(=O)c1sc(C(C)NC(=NC)NCc2cccc(C(N)=O)c2)nc1C.I. The summed E-state index contributed by atoms with van der Waals surface area (Å²) in [6.45, 7) is 6.30. The fraction of sp³-hybridized carbons (Fsp3) is 0.368. The number of nitrogens with one attached hydrogen (secondary N) is 2. The first kappa shape index (κ1) is 24.8. The van der Waals surface area contributed by atoms with Crippen LogP contribution in [0, 0.1) is 6.92 Å². The van der Waals surface area contributed by atoms with E-state index in [0.717, 1.165) is 10.6 Å². The zero-order chi connectivity index (χ0) is 20.7. The van der Waals surface area contributed by atoms with Crippen LogP contribution in [-0.4, -0.2) is 36.5 Å². The van der Waals surface area contributed by atoms with Gasteiger partial charge in [0.1, 0.15) is 9.88 Å². The molecule has 0 saturated carbocycles. The summed E-state index contributed by atoms with van der Waals surface area (Å²) in [5.41, 5.74) is 7.33. The van der Waals surface area contributed by atoms with Gasteiger partial charge in [-0.1, -0.05) is 12.1 Å². The van der Waals surface area contributed by atoms with Gasteiger partial charge in [0.15, 0.2) is 5.96 Å². The number of aliphatic imine (C=N–C) groups is 1. The number of amides is 1. The molecule has 1 heterocycles. The molecule has 0 fully saturated rings. The summed E-state index contributed by atoms with van der Waals surface area (Å²) in [5.74, 6) is -0.246. The zero-order valence-electron chi connectivity index (χ0n) is 16.8. The van der Waals surface area contributed by atoms with Crippen molar-refractivity contribution in [2.75, 3.05) is 13.7 Å². The first-order valence-electron chi connectivity index (χ1n) is 8.86. The molecule has 1 amide bonds. The Bertz CT molecular complexity index is 884. The maximum absolute atomic E-state index is 12.0. The maximum Gasteiger partial charge on any atom is 0.350 e. The lowest BCUT2D eigenvalue weighted by Crippen LogP contribution is -2.38. The van der Waals surface area contributed by atoms with Crippen LogP contribution in [0.5, 0.6) is 0 Å². The molecule has 29 heavy (non-hydrogen) atoms. The number of rotatable bonds is 7. The van der Waals surface area contributed by atoms with Gasteiger partial charge in [-0.15, -0.1) is 35.3 Å². The van der Waals surface area contributed by atoms with Crippen LogP contribution in [0.25, 0.3) is 0 Å². The Hall–Kier alpha value is -2.21. The second-order valence-electron chi connectivity index (χ2n) is 6.04. The Morgan fingerprint density at radius 2 is 2.10 bits per heavy atom. The van der Waals surface area contributed by atoms with Gasteiger partial charge >= 0.3 is 5.97 Å². The first-order valence-corrected chi connectivity index (χ1v) is 9.67. The minimum atomic E-state index is -0.463. The Morgan fingerprint density at radius 1 is 1.38 bits per heavy atom. The van der Waals surface area contributed by atoms with E-state index in [4.69, 9.17) is 10.5 Å². The van der Waals surface area contributed by atoms with Crippen molar-refractivity contribution in [3.05, 3.63) is 51.0 Å². The van der Waals surface area contributed by atoms with Crippen molar-refractivity contribution in [1.29, 1.82) is 0 Å². The highest BCUT2D eigenvalue weighted by atomic mass is 127. The largest absolute Gasteiger partial charge is 0.462 e. The molecule has 0 radical (unpaired) electrons. The molecule has 158 valence electrons. The van der Waals surface area contributed by atoms with E-state index in [1.54, 1.807) is 39.1 Å². The summed E-state index contributed by atoms with van der Waals surface area (Å²) in [6, 6.07) is 6.93. The summed E-state index contributed by atoms with van der Waals surface area (Å²) in [4.78, 5) is 32.5. The second kappa shape index (κ2) is 11.7. The molecule has 1 aromatic heterocycles. The number of nitrogens with two attached hydrogens (primary N) is 1. The van der Waals surface area contributed by atoms with Gasteiger partial charge in [0.05, 0.1) is 18.3 Å². The van der Waals surface area contributed by atoms with Crippen LogP contribution in [0.3, 0.4) is 0 Å². The molecule has 2 aromatic rings. The van der Waals surface area contributed by atoms with Gasteiger partial charge < -0.3 is 21.1 Å². The number of hydrogen-bond acceptors (Lipinski definition) is 6. The van der Waals surface area contributed by atoms with Crippen molar-refractivity contribution >= 4 is 53.1 Å². The third kappa shape index (κ3) is 6.96. The van der Waals surface area contributed by atoms with E-state index in [1.807, 2.05) is 13.0 Å². The second-order valence-corrected chi connectivity index (χ2v) is 7.07. The van der Waals surface area contributed by atoms with Crippen molar-refractivity contribution in [3.63, 3.8) is 0 Å². The monoisotopic (exact) mass is 531 g/mol. The quantitative estimate of drug-likeness (QED) is 0.219. The molecule has 0 saturated heterocycles. The predicted octanol–water partition coefficient (Wildman–Crippen LogP) is 2.77. The number of thiazole rings is 1. The van der Waals surface area contributed by atoms with Crippen LogP contribution in [0.15, 0.2) is 29.3 Å². The lowest BCUT2D eigenvalue weighted by atomic mass is 10.1. The van der Waals surface area contributed by atoms with Gasteiger partial charge in [-0.3, -0.25) is 9.79 Å².